The van der Waals surface area contributed by atoms with Crippen molar-refractivity contribution in [2.24, 2.45) is 0 Å². The number of halogens is 2. The largest absolute Gasteiger partial charge is 0.394 e. The third kappa shape index (κ3) is 4.52. The number of nitrogen functional groups attached to an aromatic ring is 2. The SMILES string of the molecule is COCCn1ncc(N)c1N.ClOCl. The second-order valence-corrected chi connectivity index (χ2v) is 2.73. The Morgan fingerprint density at radius 2 is 2.07 bits per heavy atom. The van der Waals surface area contributed by atoms with E-state index in [4.69, 9.17) is 16.2 Å². The third-order valence-electron chi connectivity index (χ3n) is 1.42. The third-order valence-corrected chi connectivity index (χ3v) is 1.42. The summed E-state index contributed by atoms with van der Waals surface area (Å²) in [5.74, 6) is 0.502. The highest BCUT2D eigenvalue weighted by Crippen LogP contribution is 2.11. The first-order valence-electron chi connectivity index (χ1n) is 3.62. The molecule has 0 fully saturated rings. The number of nitrogens with zero attached hydrogens (tertiary/aromatic N) is 2. The van der Waals surface area contributed by atoms with E-state index in [1.807, 2.05) is 0 Å². The Hall–Kier alpha value is -0.690. The van der Waals surface area contributed by atoms with Gasteiger partial charge in [0.25, 0.3) is 0 Å². The van der Waals surface area contributed by atoms with Crippen molar-refractivity contribution in [3.63, 3.8) is 0 Å². The zero-order valence-corrected chi connectivity index (χ0v) is 9.12. The Kier molecular flexibility index (Phi) is 7.31. The van der Waals surface area contributed by atoms with E-state index in [0.29, 0.717) is 24.7 Å². The highest BCUT2D eigenvalue weighted by molar-refractivity contribution is 6.24. The second-order valence-electron chi connectivity index (χ2n) is 2.26. The fraction of sp³-hybridized carbons (Fsp3) is 0.500. The molecule has 0 saturated carbocycles. The molecule has 14 heavy (non-hydrogen) atoms. The Balaban J connectivity index is 0.000000500. The summed E-state index contributed by atoms with van der Waals surface area (Å²) in [5, 5.41) is 3.94. The van der Waals surface area contributed by atoms with Crippen LogP contribution in [0.1, 0.15) is 0 Å². The lowest BCUT2D eigenvalue weighted by Crippen LogP contribution is -2.09. The van der Waals surface area contributed by atoms with Crippen LogP contribution in [0.3, 0.4) is 0 Å². The van der Waals surface area contributed by atoms with Crippen LogP contribution in [-0.2, 0) is 15.1 Å². The van der Waals surface area contributed by atoms with Crippen LogP contribution in [0, 0.1) is 0 Å². The van der Waals surface area contributed by atoms with Crippen LogP contribution < -0.4 is 11.5 Å². The number of aromatic nitrogens is 2. The van der Waals surface area contributed by atoms with Crippen molar-refractivity contribution in [3.8, 4) is 0 Å². The minimum Gasteiger partial charge on any atom is -0.394 e. The molecule has 1 rings (SSSR count). The minimum atomic E-state index is 0.502. The molecule has 0 aliphatic carbocycles. The molecule has 0 bridgehead atoms. The normalized spacial score (nSPS) is 9.36. The summed E-state index contributed by atoms with van der Waals surface area (Å²) in [6.45, 7) is 1.23. The summed E-state index contributed by atoms with van der Waals surface area (Å²) in [6.07, 6.45) is 1.53. The van der Waals surface area contributed by atoms with Crippen molar-refractivity contribution in [1.82, 2.24) is 9.78 Å². The zero-order chi connectivity index (χ0) is 11.0. The van der Waals surface area contributed by atoms with Crippen molar-refractivity contribution in [2.75, 3.05) is 25.2 Å². The lowest BCUT2D eigenvalue weighted by Gasteiger charge is -2.01. The molecular formula is C6H12Cl2N4O2. The van der Waals surface area contributed by atoms with Gasteiger partial charge in [0.05, 0.1) is 48.8 Å². The molecular weight excluding hydrogens is 231 g/mol. The van der Waals surface area contributed by atoms with Crippen molar-refractivity contribution >= 4 is 35.2 Å². The van der Waals surface area contributed by atoms with Gasteiger partial charge in [-0.15, -0.1) is 0 Å². The smallest absolute Gasteiger partial charge is 0.145 e. The molecule has 0 spiro atoms. The van der Waals surface area contributed by atoms with Crippen LogP contribution in [0.2, 0.25) is 0 Å². The predicted octanol–water partition coefficient (Wildman–Crippen LogP) is 1.00. The molecule has 0 unspecified atom stereocenters. The molecule has 6 nitrogen and oxygen atoms in total. The second kappa shape index (κ2) is 7.69. The molecule has 1 aromatic rings. The number of hydrogen-bond donors (Lipinski definition) is 2. The summed E-state index contributed by atoms with van der Waals surface area (Å²) in [4.78, 5) is 0. The lowest BCUT2D eigenvalue weighted by atomic mass is 10.5. The van der Waals surface area contributed by atoms with Crippen molar-refractivity contribution in [2.45, 2.75) is 6.54 Å². The first-order chi connectivity index (χ1) is 6.67. The van der Waals surface area contributed by atoms with Crippen molar-refractivity contribution in [1.29, 1.82) is 0 Å². The van der Waals surface area contributed by atoms with Gasteiger partial charge in [-0.1, -0.05) is 0 Å². The van der Waals surface area contributed by atoms with E-state index in [1.54, 1.807) is 11.8 Å². The van der Waals surface area contributed by atoms with Gasteiger partial charge in [-0.3, -0.25) is 0 Å². The quantitative estimate of drug-likeness (QED) is 0.826. The summed E-state index contributed by atoms with van der Waals surface area (Å²) >= 11 is 8.53. The maximum absolute atomic E-state index is 5.56. The van der Waals surface area contributed by atoms with E-state index in [9.17, 15) is 0 Å². The van der Waals surface area contributed by atoms with Gasteiger partial charge < -0.3 is 16.2 Å². The monoisotopic (exact) mass is 242 g/mol. The lowest BCUT2D eigenvalue weighted by molar-refractivity contribution is 0.184. The van der Waals surface area contributed by atoms with Crippen LogP contribution in [0.15, 0.2) is 6.20 Å². The first kappa shape index (κ1) is 13.3. The molecule has 0 atom stereocenters. The fourth-order valence-electron chi connectivity index (χ4n) is 0.765. The predicted molar refractivity (Wildman–Crippen MR) is 55.7 cm³/mol. The van der Waals surface area contributed by atoms with Gasteiger partial charge >= 0.3 is 0 Å². The Morgan fingerprint density at radius 1 is 1.50 bits per heavy atom. The number of anilines is 2. The van der Waals surface area contributed by atoms with Crippen LogP contribution in [0.5, 0.6) is 0 Å². The van der Waals surface area contributed by atoms with E-state index in [2.05, 4.69) is 32.7 Å². The topological polar surface area (TPSA) is 88.3 Å². The van der Waals surface area contributed by atoms with Gasteiger partial charge in [0.2, 0.25) is 0 Å². The average Bonchev–Trinajstić information content (AvgIpc) is 2.47. The van der Waals surface area contributed by atoms with Gasteiger partial charge in [-0.2, -0.15) is 8.94 Å². The van der Waals surface area contributed by atoms with Gasteiger partial charge in [-0.25, -0.2) is 4.68 Å². The number of methoxy groups -OCH3 is 1. The molecule has 0 saturated heterocycles. The Labute approximate surface area is 92.0 Å². The average molecular weight is 243 g/mol. The summed E-state index contributed by atoms with van der Waals surface area (Å²) < 4.78 is 9.66. The van der Waals surface area contributed by atoms with Crippen molar-refractivity contribution < 1.29 is 8.58 Å². The van der Waals surface area contributed by atoms with Crippen LogP contribution in [0.25, 0.3) is 0 Å². The molecule has 82 valence electrons. The van der Waals surface area contributed by atoms with E-state index >= 15 is 0 Å². The minimum absolute atomic E-state index is 0.502. The zero-order valence-electron chi connectivity index (χ0n) is 7.61. The summed E-state index contributed by atoms with van der Waals surface area (Å²) in [7, 11) is 1.63. The van der Waals surface area contributed by atoms with E-state index < -0.39 is 0 Å². The molecule has 0 aromatic carbocycles. The van der Waals surface area contributed by atoms with E-state index in [1.165, 1.54) is 6.20 Å². The fourth-order valence-corrected chi connectivity index (χ4v) is 0.765. The standard InChI is InChI=1S/C6H12N4O.Cl2O/c1-11-3-2-10-6(8)5(7)4-9-10;1-3-2/h4H,2-3,7-8H2,1H3;. The molecule has 0 amide bonds. The summed E-state index contributed by atoms with van der Waals surface area (Å²) in [5.41, 5.74) is 11.5. The van der Waals surface area contributed by atoms with E-state index in [-0.39, 0.29) is 0 Å². The first-order valence-corrected chi connectivity index (χ1v) is 4.24. The van der Waals surface area contributed by atoms with Gasteiger partial charge in [0.1, 0.15) is 5.82 Å². The maximum atomic E-state index is 5.56. The van der Waals surface area contributed by atoms with Crippen LogP contribution in [-0.4, -0.2) is 23.5 Å². The van der Waals surface area contributed by atoms with Crippen LogP contribution >= 0.6 is 23.7 Å². The Morgan fingerprint density at radius 3 is 2.43 bits per heavy atom. The molecule has 1 aromatic heterocycles. The molecule has 0 aliphatic rings. The summed E-state index contributed by atoms with van der Waals surface area (Å²) in [6, 6.07) is 0. The molecule has 0 radical (unpaired) electrons. The van der Waals surface area contributed by atoms with E-state index in [0.717, 1.165) is 0 Å². The molecule has 0 aliphatic heterocycles. The Bertz CT molecular complexity index is 256. The number of hydrogen-bond acceptors (Lipinski definition) is 5. The number of ether oxygens (including phenoxy) is 1. The van der Waals surface area contributed by atoms with Gasteiger partial charge in [0, 0.05) is 7.11 Å². The molecule has 1 heterocycles. The molecule has 4 N–H and O–H groups in total. The van der Waals surface area contributed by atoms with Crippen molar-refractivity contribution in [3.05, 3.63) is 6.20 Å². The van der Waals surface area contributed by atoms with Crippen LogP contribution in [0.4, 0.5) is 11.5 Å². The van der Waals surface area contributed by atoms with Gasteiger partial charge in [-0.05, 0) is 0 Å². The number of nitrogens with two attached hydrogens (primary N) is 2. The van der Waals surface area contributed by atoms with Gasteiger partial charge in [0.15, 0.2) is 0 Å². The number of rotatable bonds is 3. The maximum Gasteiger partial charge on any atom is 0.145 e. The highest BCUT2D eigenvalue weighted by atomic mass is 35.6. The highest BCUT2D eigenvalue weighted by Gasteiger charge is 2.01. The molecule has 8 heteroatoms.